The minimum atomic E-state index is 0.791. The van der Waals surface area contributed by atoms with Crippen molar-refractivity contribution in [3.05, 3.63) is 48.0 Å². The van der Waals surface area contributed by atoms with E-state index in [1.54, 1.807) is 7.11 Å². The van der Waals surface area contributed by atoms with Gasteiger partial charge in [0.25, 0.3) is 0 Å². The van der Waals surface area contributed by atoms with Crippen molar-refractivity contribution >= 4 is 17.1 Å². The van der Waals surface area contributed by atoms with Crippen molar-refractivity contribution in [2.24, 2.45) is 0 Å². The van der Waals surface area contributed by atoms with Gasteiger partial charge in [0.1, 0.15) is 5.75 Å². The quantitative estimate of drug-likeness (QED) is 0.839. The summed E-state index contributed by atoms with van der Waals surface area (Å²) in [5.74, 6) is 0.862. The van der Waals surface area contributed by atoms with E-state index in [1.165, 1.54) is 0 Å². The highest BCUT2D eigenvalue weighted by atomic mass is 16.5. The van der Waals surface area contributed by atoms with Crippen molar-refractivity contribution in [3.63, 3.8) is 0 Å². The lowest BCUT2D eigenvalue weighted by molar-refractivity contribution is 0.415. The molecule has 0 amide bonds. The normalized spacial score (nSPS) is 10.2. The largest absolute Gasteiger partial charge is 0.497 e. The number of hydrogen-bond donors (Lipinski definition) is 1. The third kappa shape index (κ3) is 2.40. The second-order valence-electron chi connectivity index (χ2n) is 4.30. The number of ether oxygens (including phenoxy) is 1. The summed E-state index contributed by atoms with van der Waals surface area (Å²) in [7, 11) is 3.71. The van der Waals surface area contributed by atoms with E-state index in [-0.39, 0.29) is 0 Å². The van der Waals surface area contributed by atoms with Crippen molar-refractivity contribution in [1.82, 2.24) is 0 Å². The van der Waals surface area contributed by atoms with Gasteiger partial charge in [-0.1, -0.05) is 0 Å². The van der Waals surface area contributed by atoms with Crippen LogP contribution in [0.3, 0.4) is 0 Å². The molecular formula is C15H18N2O. The minimum Gasteiger partial charge on any atom is -0.497 e. The highest BCUT2D eigenvalue weighted by molar-refractivity contribution is 5.68. The molecule has 0 atom stereocenters. The maximum atomic E-state index is 5.77. The van der Waals surface area contributed by atoms with Crippen LogP contribution in [-0.2, 0) is 0 Å². The highest BCUT2D eigenvalue weighted by Gasteiger charge is 2.07. The first kappa shape index (κ1) is 12.3. The van der Waals surface area contributed by atoms with Crippen molar-refractivity contribution < 1.29 is 4.74 Å². The van der Waals surface area contributed by atoms with Gasteiger partial charge in [-0.2, -0.15) is 0 Å². The summed E-state index contributed by atoms with van der Waals surface area (Å²) in [5, 5.41) is 0. The Morgan fingerprint density at radius 1 is 1.06 bits per heavy atom. The molecule has 0 aliphatic rings. The number of benzene rings is 2. The monoisotopic (exact) mass is 242 g/mol. The number of rotatable bonds is 3. The number of anilines is 3. The van der Waals surface area contributed by atoms with Gasteiger partial charge in [-0.05, 0) is 55.0 Å². The molecular weight excluding hydrogens is 224 g/mol. The molecule has 2 rings (SSSR count). The molecule has 3 nitrogen and oxygen atoms in total. The maximum absolute atomic E-state index is 5.77. The second-order valence-corrected chi connectivity index (χ2v) is 4.30. The number of nitrogens with zero attached hydrogens (tertiary/aromatic N) is 1. The van der Waals surface area contributed by atoms with Crippen LogP contribution in [0.15, 0.2) is 42.5 Å². The fourth-order valence-corrected chi connectivity index (χ4v) is 2.00. The molecule has 0 heterocycles. The van der Waals surface area contributed by atoms with Crippen LogP contribution in [0.2, 0.25) is 0 Å². The molecule has 0 radical (unpaired) electrons. The molecule has 94 valence electrons. The van der Waals surface area contributed by atoms with Crippen LogP contribution >= 0.6 is 0 Å². The Hall–Kier alpha value is -2.16. The zero-order valence-electron chi connectivity index (χ0n) is 11.0. The minimum absolute atomic E-state index is 0.791. The van der Waals surface area contributed by atoms with Crippen molar-refractivity contribution in [3.8, 4) is 5.75 Å². The Morgan fingerprint density at radius 2 is 1.72 bits per heavy atom. The first-order valence-corrected chi connectivity index (χ1v) is 5.85. The predicted octanol–water partition coefficient (Wildman–Crippen LogP) is 3.35. The lowest BCUT2D eigenvalue weighted by Gasteiger charge is -2.22. The molecule has 18 heavy (non-hydrogen) atoms. The molecule has 2 aromatic rings. The van der Waals surface area contributed by atoms with Gasteiger partial charge in [-0.3, -0.25) is 0 Å². The zero-order valence-corrected chi connectivity index (χ0v) is 11.0. The summed E-state index contributed by atoms with van der Waals surface area (Å²) in [6, 6.07) is 13.9. The van der Waals surface area contributed by atoms with Crippen molar-refractivity contribution in [2.45, 2.75) is 6.92 Å². The van der Waals surface area contributed by atoms with Gasteiger partial charge in [0.05, 0.1) is 7.11 Å². The van der Waals surface area contributed by atoms with Crippen LogP contribution in [0.4, 0.5) is 17.1 Å². The van der Waals surface area contributed by atoms with Crippen LogP contribution in [0.5, 0.6) is 5.75 Å². The van der Waals surface area contributed by atoms with Gasteiger partial charge in [0, 0.05) is 24.1 Å². The number of aryl methyl sites for hydroxylation is 1. The van der Waals surface area contributed by atoms with E-state index in [0.717, 1.165) is 28.4 Å². The van der Waals surface area contributed by atoms with E-state index in [1.807, 2.05) is 49.5 Å². The fraction of sp³-hybridized carbons (Fsp3) is 0.200. The summed E-state index contributed by atoms with van der Waals surface area (Å²) in [6.07, 6.45) is 0. The molecule has 0 saturated heterocycles. The molecule has 0 fully saturated rings. The third-order valence-corrected chi connectivity index (χ3v) is 3.04. The van der Waals surface area contributed by atoms with Gasteiger partial charge in [0.2, 0.25) is 0 Å². The topological polar surface area (TPSA) is 38.5 Å². The molecule has 0 unspecified atom stereocenters. The van der Waals surface area contributed by atoms with Gasteiger partial charge in [0.15, 0.2) is 0 Å². The SMILES string of the molecule is COc1ccc(N(C)c2ccc(N)cc2C)cc1. The average molecular weight is 242 g/mol. The molecule has 0 aliphatic heterocycles. The molecule has 0 bridgehead atoms. The molecule has 2 aromatic carbocycles. The van der Waals surface area contributed by atoms with Crippen LogP contribution < -0.4 is 15.4 Å². The molecule has 3 heteroatoms. The first-order chi connectivity index (χ1) is 8.61. The zero-order chi connectivity index (χ0) is 13.1. The second kappa shape index (κ2) is 5.00. The Kier molecular flexibility index (Phi) is 3.42. The highest BCUT2D eigenvalue weighted by Crippen LogP contribution is 2.29. The number of nitrogens with two attached hydrogens (primary N) is 1. The molecule has 0 saturated carbocycles. The first-order valence-electron chi connectivity index (χ1n) is 5.85. The summed E-state index contributed by atoms with van der Waals surface area (Å²) < 4.78 is 5.16. The van der Waals surface area contributed by atoms with E-state index in [2.05, 4.69) is 11.8 Å². The standard InChI is InChI=1S/C15H18N2O/c1-11-10-12(16)4-9-15(11)17(2)13-5-7-14(18-3)8-6-13/h4-10H,16H2,1-3H3. The van der Waals surface area contributed by atoms with E-state index in [4.69, 9.17) is 10.5 Å². The predicted molar refractivity (Wildman–Crippen MR) is 76.6 cm³/mol. The fourth-order valence-electron chi connectivity index (χ4n) is 2.00. The van der Waals surface area contributed by atoms with E-state index < -0.39 is 0 Å². The van der Waals surface area contributed by atoms with Gasteiger partial charge in [-0.25, -0.2) is 0 Å². The number of methoxy groups -OCH3 is 1. The Balaban J connectivity index is 2.31. The van der Waals surface area contributed by atoms with E-state index >= 15 is 0 Å². The number of nitrogen functional groups attached to an aromatic ring is 1. The summed E-state index contributed by atoms with van der Waals surface area (Å²) in [5.41, 5.74) is 9.98. The molecule has 0 aliphatic carbocycles. The van der Waals surface area contributed by atoms with E-state index in [0.29, 0.717) is 0 Å². The Bertz CT molecular complexity index is 535. The lowest BCUT2D eigenvalue weighted by Crippen LogP contribution is -2.10. The van der Waals surface area contributed by atoms with Crippen LogP contribution in [-0.4, -0.2) is 14.2 Å². The molecule has 2 N–H and O–H groups in total. The summed E-state index contributed by atoms with van der Waals surface area (Å²) in [4.78, 5) is 2.13. The maximum Gasteiger partial charge on any atom is 0.119 e. The van der Waals surface area contributed by atoms with Crippen LogP contribution in [0, 0.1) is 6.92 Å². The Morgan fingerprint density at radius 3 is 2.28 bits per heavy atom. The van der Waals surface area contributed by atoms with Gasteiger partial charge < -0.3 is 15.4 Å². The molecule has 0 spiro atoms. The average Bonchev–Trinajstić information content (AvgIpc) is 2.38. The van der Waals surface area contributed by atoms with Crippen molar-refractivity contribution in [1.29, 1.82) is 0 Å². The van der Waals surface area contributed by atoms with Crippen molar-refractivity contribution in [2.75, 3.05) is 24.8 Å². The van der Waals surface area contributed by atoms with Gasteiger partial charge >= 0.3 is 0 Å². The molecule has 0 aromatic heterocycles. The van der Waals surface area contributed by atoms with Crippen LogP contribution in [0.1, 0.15) is 5.56 Å². The smallest absolute Gasteiger partial charge is 0.119 e. The number of hydrogen-bond acceptors (Lipinski definition) is 3. The van der Waals surface area contributed by atoms with Gasteiger partial charge in [-0.15, -0.1) is 0 Å². The van der Waals surface area contributed by atoms with Crippen LogP contribution in [0.25, 0.3) is 0 Å². The summed E-state index contributed by atoms with van der Waals surface area (Å²) in [6.45, 7) is 2.06. The lowest BCUT2D eigenvalue weighted by atomic mass is 10.1. The van der Waals surface area contributed by atoms with E-state index in [9.17, 15) is 0 Å². The summed E-state index contributed by atoms with van der Waals surface area (Å²) >= 11 is 0. The third-order valence-electron chi connectivity index (χ3n) is 3.04. The Labute approximate surface area is 108 Å².